The molecule has 0 spiro atoms. The zero-order valence-corrected chi connectivity index (χ0v) is 19.4. The summed E-state index contributed by atoms with van der Waals surface area (Å²) >= 11 is 0. The molecule has 0 heterocycles. The lowest BCUT2D eigenvalue weighted by Crippen LogP contribution is -2.43. The van der Waals surface area contributed by atoms with E-state index in [2.05, 4.69) is 27.7 Å². The van der Waals surface area contributed by atoms with Crippen molar-refractivity contribution in [1.29, 1.82) is 0 Å². The van der Waals surface area contributed by atoms with E-state index in [1.807, 2.05) is 0 Å². The molecule has 1 unspecified atom stereocenters. The monoisotopic (exact) mass is 434 g/mol. The fourth-order valence-corrected chi connectivity index (χ4v) is 4.33. The number of carbonyl (C=O) groups is 3. The van der Waals surface area contributed by atoms with Gasteiger partial charge >= 0.3 is 17.9 Å². The molecule has 0 radical (unpaired) electrons. The zero-order chi connectivity index (χ0) is 23.4. The molecular weight excluding hydrogens is 396 g/mol. The molecule has 0 aliphatic carbocycles. The van der Waals surface area contributed by atoms with Crippen molar-refractivity contribution < 1.29 is 29.3 Å². The van der Waals surface area contributed by atoms with E-state index < -0.39 is 34.6 Å². The third kappa shape index (κ3) is 7.08. The molecule has 0 saturated heterocycles. The Morgan fingerprint density at radius 3 is 1.87 bits per heavy atom. The highest BCUT2D eigenvalue weighted by molar-refractivity contribution is 6.09. The quantitative estimate of drug-likeness (QED) is 0.303. The minimum atomic E-state index is -1.45. The highest BCUT2D eigenvalue weighted by atomic mass is 16.6. The zero-order valence-electron chi connectivity index (χ0n) is 19.4. The molecule has 174 valence electrons. The number of rotatable bonds is 15. The molecule has 31 heavy (non-hydrogen) atoms. The summed E-state index contributed by atoms with van der Waals surface area (Å²) in [6, 6.07) is 3.93. The number of esters is 1. The summed E-state index contributed by atoms with van der Waals surface area (Å²) in [7, 11) is 0. The second-order valence-corrected chi connectivity index (χ2v) is 8.25. The highest BCUT2D eigenvalue weighted by Gasteiger charge is 2.41. The Morgan fingerprint density at radius 1 is 0.871 bits per heavy atom. The van der Waals surface area contributed by atoms with Gasteiger partial charge in [-0.05, 0) is 56.6 Å². The molecule has 0 amide bonds. The number of hydrogen-bond acceptors (Lipinski definition) is 4. The molecule has 6 nitrogen and oxygen atoms in total. The van der Waals surface area contributed by atoms with Crippen LogP contribution in [0.3, 0.4) is 0 Å². The number of carboxylic acids is 2. The Balaban J connectivity index is 3.47. The molecule has 0 fully saturated rings. The largest absolute Gasteiger partial charge is 0.478 e. The summed E-state index contributed by atoms with van der Waals surface area (Å²) in [6.45, 7) is 8.43. The van der Waals surface area contributed by atoms with Crippen molar-refractivity contribution in [2.75, 3.05) is 0 Å². The van der Waals surface area contributed by atoms with Crippen molar-refractivity contribution in [2.24, 2.45) is 5.92 Å². The number of benzene rings is 1. The Labute approximate surface area is 186 Å². The normalized spacial score (nSPS) is 12.4. The molecule has 0 aliphatic rings. The van der Waals surface area contributed by atoms with Gasteiger partial charge in [0.2, 0.25) is 0 Å². The van der Waals surface area contributed by atoms with Gasteiger partial charge in [-0.15, -0.1) is 0 Å². The minimum absolute atomic E-state index is 0.172. The van der Waals surface area contributed by atoms with E-state index in [1.165, 1.54) is 18.2 Å². The average molecular weight is 435 g/mol. The summed E-state index contributed by atoms with van der Waals surface area (Å²) in [5.41, 5.74) is -1.80. The van der Waals surface area contributed by atoms with Gasteiger partial charge in [0.05, 0.1) is 16.7 Å². The Bertz CT molecular complexity index is 732. The van der Waals surface area contributed by atoms with E-state index in [0.29, 0.717) is 0 Å². The molecule has 2 N–H and O–H groups in total. The molecular formula is C25H38O6. The van der Waals surface area contributed by atoms with Crippen LogP contribution in [0.25, 0.3) is 0 Å². The third-order valence-electron chi connectivity index (χ3n) is 6.07. The van der Waals surface area contributed by atoms with Crippen molar-refractivity contribution in [3.63, 3.8) is 0 Å². The summed E-state index contributed by atoms with van der Waals surface area (Å²) < 4.78 is 6.21. The van der Waals surface area contributed by atoms with E-state index in [-0.39, 0.29) is 11.5 Å². The van der Waals surface area contributed by atoms with Crippen LogP contribution in [-0.2, 0) is 4.74 Å². The number of carbonyl (C=O) groups excluding carboxylic acids is 1. The van der Waals surface area contributed by atoms with Gasteiger partial charge in [-0.25, -0.2) is 14.4 Å². The van der Waals surface area contributed by atoms with Gasteiger partial charge in [0.15, 0.2) is 0 Å². The van der Waals surface area contributed by atoms with Crippen molar-refractivity contribution in [1.82, 2.24) is 0 Å². The second-order valence-electron chi connectivity index (χ2n) is 8.25. The van der Waals surface area contributed by atoms with Crippen LogP contribution in [-0.4, -0.2) is 33.7 Å². The van der Waals surface area contributed by atoms with E-state index in [0.717, 1.165) is 64.2 Å². The standard InChI is InChI=1S/C25H38O6/c1-5-9-13-18(8-4)25(16-10-6-2,17-11-7-3)31-24(30)20-15-12-14-19(22(26)27)21(20)23(28)29/h12,14-15,18H,5-11,13,16-17H2,1-4H3,(H,26,27)(H,28,29). The molecule has 1 rings (SSSR count). The number of carboxylic acid groups (broad SMARTS) is 2. The number of hydrogen-bond donors (Lipinski definition) is 2. The van der Waals surface area contributed by atoms with Crippen LogP contribution in [0.5, 0.6) is 0 Å². The maximum absolute atomic E-state index is 13.3. The first-order chi connectivity index (χ1) is 14.8. The first-order valence-corrected chi connectivity index (χ1v) is 11.6. The van der Waals surface area contributed by atoms with Crippen molar-refractivity contribution in [3.05, 3.63) is 34.9 Å². The highest BCUT2D eigenvalue weighted by Crippen LogP contribution is 2.39. The van der Waals surface area contributed by atoms with Gasteiger partial charge < -0.3 is 14.9 Å². The van der Waals surface area contributed by atoms with Gasteiger partial charge in [0.1, 0.15) is 5.60 Å². The van der Waals surface area contributed by atoms with Crippen molar-refractivity contribution in [3.8, 4) is 0 Å². The molecule has 0 aliphatic heterocycles. The van der Waals surface area contributed by atoms with E-state index >= 15 is 0 Å². The van der Waals surface area contributed by atoms with Crippen LogP contribution in [0.15, 0.2) is 18.2 Å². The van der Waals surface area contributed by atoms with E-state index in [1.54, 1.807) is 0 Å². The minimum Gasteiger partial charge on any atom is -0.478 e. The van der Waals surface area contributed by atoms with Crippen LogP contribution in [0.4, 0.5) is 0 Å². The van der Waals surface area contributed by atoms with Gasteiger partial charge in [-0.2, -0.15) is 0 Å². The van der Waals surface area contributed by atoms with Crippen molar-refractivity contribution in [2.45, 2.75) is 97.5 Å². The number of aromatic carboxylic acids is 2. The lowest BCUT2D eigenvalue weighted by molar-refractivity contribution is -0.0683. The van der Waals surface area contributed by atoms with Gasteiger partial charge in [-0.3, -0.25) is 0 Å². The fourth-order valence-electron chi connectivity index (χ4n) is 4.33. The first kappa shape index (κ1) is 26.7. The smallest absolute Gasteiger partial charge is 0.339 e. The second kappa shape index (κ2) is 13.1. The average Bonchev–Trinajstić information content (AvgIpc) is 2.75. The molecule has 1 aromatic carbocycles. The topological polar surface area (TPSA) is 101 Å². The molecule has 1 aromatic rings. The number of ether oxygens (including phenoxy) is 1. The van der Waals surface area contributed by atoms with Gasteiger partial charge in [0.25, 0.3) is 0 Å². The van der Waals surface area contributed by atoms with Gasteiger partial charge in [-0.1, -0.05) is 59.4 Å². The summed E-state index contributed by atoms with van der Waals surface area (Å²) in [5.74, 6) is -3.41. The lowest BCUT2D eigenvalue weighted by Gasteiger charge is -2.41. The van der Waals surface area contributed by atoms with Crippen LogP contribution in [0, 0.1) is 5.92 Å². The predicted molar refractivity (Wildman–Crippen MR) is 121 cm³/mol. The fraction of sp³-hybridized carbons (Fsp3) is 0.640. The molecule has 0 aromatic heterocycles. The third-order valence-corrected chi connectivity index (χ3v) is 6.07. The maximum Gasteiger partial charge on any atom is 0.339 e. The van der Waals surface area contributed by atoms with E-state index in [9.17, 15) is 24.6 Å². The van der Waals surface area contributed by atoms with Crippen LogP contribution in [0.1, 0.15) is 123 Å². The van der Waals surface area contributed by atoms with Crippen LogP contribution < -0.4 is 0 Å². The molecule has 0 saturated carbocycles. The van der Waals surface area contributed by atoms with E-state index in [4.69, 9.17) is 4.74 Å². The lowest BCUT2D eigenvalue weighted by atomic mass is 9.75. The van der Waals surface area contributed by atoms with Gasteiger partial charge in [0, 0.05) is 0 Å². The molecule has 6 heteroatoms. The van der Waals surface area contributed by atoms with Crippen LogP contribution >= 0.6 is 0 Å². The van der Waals surface area contributed by atoms with Crippen molar-refractivity contribution >= 4 is 17.9 Å². The Morgan fingerprint density at radius 2 is 1.42 bits per heavy atom. The summed E-state index contributed by atoms with van der Waals surface area (Å²) in [5, 5.41) is 19.0. The first-order valence-electron chi connectivity index (χ1n) is 11.6. The molecule has 0 bridgehead atoms. The number of unbranched alkanes of at least 4 members (excludes halogenated alkanes) is 3. The predicted octanol–water partition coefficient (Wildman–Crippen LogP) is 6.58. The maximum atomic E-state index is 13.3. The Kier molecular flexibility index (Phi) is 11.3. The summed E-state index contributed by atoms with van der Waals surface area (Å²) in [6.07, 6.45) is 9.06. The SMILES string of the molecule is CCCCC(CC)C(CCCC)(CCCC)OC(=O)c1cccc(C(=O)O)c1C(=O)O. The van der Waals surface area contributed by atoms with Crippen LogP contribution in [0.2, 0.25) is 0 Å². The summed E-state index contributed by atoms with van der Waals surface area (Å²) in [4.78, 5) is 36.7. The Hall–Kier alpha value is -2.37. The molecule has 1 atom stereocenters.